The summed E-state index contributed by atoms with van der Waals surface area (Å²) in [6.45, 7) is 6.17. The number of carboxylic acids is 1. The predicted molar refractivity (Wildman–Crippen MR) is 117 cm³/mol. The first-order valence-corrected chi connectivity index (χ1v) is 11.9. The van der Waals surface area contributed by atoms with Gasteiger partial charge in [0.05, 0.1) is 24.7 Å². The maximum atomic E-state index is 10.9. The van der Waals surface area contributed by atoms with Crippen molar-refractivity contribution in [2.24, 2.45) is 17.3 Å². The van der Waals surface area contributed by atoms with Crippen LogP contribution >= 0.6 is 0 Å². The molecule has 0 radical (unpaired) electrons. The average Bonchev–Trinajstić information content (AvgIpc) is 2.90. The van der Waals surface area contributed by atoms with Gasteiger partial charge in [-0.3, -0.25) is 4.79 Å². The first-order valence-electron chi connectivity index (χ1n) is 11.9. The third kappa shape index (κ3) is 10.3. The van der Waals surface area contributed by atoms with Gasteiger partial charge in [0.15, 0.2) is 0 Å². The second-order valence-corrected chi connectivity index (χ2v) is 10.1. The standard InChI is InChI=1S/C24H46O5/c1-4-5-6-7-8-9-10-14-19(25)23-18(20(26)16-21(23)27)13-11-12-15-24(2,3)17-22(28)29/h18-21,23,25-27H,4-17H2,1-3H3,(H,28,29). The molecule has 0 aromatic rings. The molecule has 1 rings (SSSR count). The molecule has 5 atom stereocenters. The van der Waals surface area contributed by atoms with E-state index in [0.29, 0.717) is 12.8 Å². The molecule has 1 aliphatic rings. The minimum atomic E-state index is -0.766. The Morgan fingerprint density at radius 2 is 1.59 bits per heavy atom. The highest BCUT2D eigenvalue weighted by Gasteiger charge is 2.44. The minimum Gasteiger partial charge on any atom is -0.481 e. The van der Waals surface area contributed by atoms with Crippen LogP contribution in [-0.4, -0.2) is 44.7 Å². The van der Waals surface area contributed by atoms with Crippen molar-refractivity contribution in [2.45, 2.75) is 129 Å². The largest absolute Gasteiger partial charge is 0.481 e. The third-order valence-electron chi connectivity index (χ3n) is 6.73. The van der Waals surface area contributed by atoms with Gasteiger partial charge in [-0.25, -0.2) is 0 Å². The summed E-state index contributed by atoms with van der Waals surface area (Å²) in [5.41, 5.74) is -0.227. The molecule has 0 spiro atoms. The molecule has 0 aliphatic heterocycles. The molecule has 5 unspecified atom stereocenters. The zero-order chi connectivity index (χ0) is 21.9. The Balaban J connectivity index is 2.37. The second kappa shape index (κ2) is 13.6. The summed E-state index contributed by atoms with van der Waals surface area (Å²) in [5, 5.41) is 40.5. The first kappa shape index (κ1) is 26.4. The van der Waals surface area contributed by atoms with Gasteiger partial charge in [0.25, 0.3) is 0 Å². The number of aliphatic hydroxyl groups excluding tert-OH is 3. The van der Waals surface area contributed by atoms with E-state index >= 15 is 0 Å². The van der Waals surface area contributed by atoms with Gasteiger partial charge >= 0.3 is 5.97 Å². The zero-order valence-electron chi connectivity index (χ0n) is 19.0. The van der Waals surface area contributed by atoms with E-state index in [1.54, 1.807) is 0 Å². The lowest BCUT2D eigenvalue weighted by Crippen LogP contribution is -2.33. The van der Waals surface area contributed by atoms with E-state index in [2.05, 4.69) is 6.92 Å². The van der Waals surface area contributed by atoms with E-state index < -0.39 is 24.3 Å². The number of rotatable bonds is 16. The molecule has 5 nitrogen and oxygen atoms in total. The number of carbonyl (C=O) groups is 1. The van der Waals surface area contributed by atoms with E-state index in [-0.39, 0.29) is 23.7 Å². The summed E-state index contributed by atoms with van der Waals surface area (Å²) < 4.78 is 0. The highest BCUT2D eigenvalue weighted by atomic mass is 16.4. The number of aliphatic hydroxyl groups is 3. The van der Waals surface area contributed by atoms with Crippen molar-refractivity contribution in [2.75, 3.05) is 0 Å². The Hall–Kier alpha value is -0.650. The molecule has 0 amide bonds. The second-order valence-electron chi connectivity index (χ2n) is 10.1. The molecule has 0 aromatic carbocycles. The zero-order valence-corrected chi connectivity index (χ0v) is 19.0. The topological polar surface area (TPSA) is 98.0 Å². The highest BCUT2D eigenvalue weighted by Crippen LogP contribution is 2.40. The SMILES string of the molecule is CCCCCCCCCC(O)C1C(O)CC(O)C1CCCCC(C)(C)CC(=O)O. The Labute approximate surface area is 177 Å². The summed E-state index contributed by atoms with van der Waals surface area (Å²) in [5.74, 6) is -1.07. The molecule has 1 fully saturated rings. The predicted octanol–water partition coefficient (Wildman–Crippen LogP) is 4.91. The molecule has 29 heavy (non-hydrogen) atoms. The van der Waals surface area contributed by atoms with Crippen LogP contribution in [0.2, 0.25) is 0 Å². The van der Waals surface area contributed by atoms with Gasteiger partial charge in [-0.05, 0) is 37.0 Å². The van der Waals surface area contributed by atoms with Crippen molar-refractivity contribution in [3.63, 3.8) is 0 Å². The molecule has 0 bridgehead atoms. The maximum absolute atomic E-state index is 10.9. The van der Waals surface area contributed by atoms with Crippen LogP contribution in [0.4, 0.5) is 0 Å². The van der Waals surface area contributed by atoms with E-state index in [4.69, 9.17) is 5.11 Å². The Morgan fingerprint density at radius 3 is 2.21 bits per heavy atom. The van der Waals surface area contributed by atoms with Crippen LogP contribution in [0.1, 0.15) is 111 Å². The number of hydrogen-bond donors (Lipinski definition) is 4. The molecular weight excluding hydrogens is 368 g/mol. The summed E-state index contributed by atoms with van der Waals surface area (Å²) in [4.78, 5) is 10.9. The number of aliphatic carboxylic acids is 1. The lowest BCUT2D eigenvalue weighted by atomic mass is 9.80. The Bertz CT molecular complexity index is 451. The van der Waals surface area contributed by atoms with Gasteiger partial charge in [-0.1, -0.05) is 78.6 Å². The maximum Gasteiger partial charge on any atom is 0.303 e. The van der Waals surface area contributed by atoms with Crippen LogP contribution in [-0.2, 0) is 4.79 Å². The molecule has 1 aliphatic carbocycles. The van der Waals surface area contributed by atoms with Crippen molar-refractivity contribution >= 4 is 5.97 Å². The van der Waals surface area contributed by atoms with Crippen molar-refractivity contribution in [1.82, 2.24) is 0 Å². The summed E-state index contributed by atoms with van der Waals surface area (Å²) in [6, 6.07) is 0. The molecule has 1 saturated carbocycles. The Morgan fingerprint density at radius 1 is 0.966 bits per heavy atom. The van der Waals surface area contributed by atoms with E-state index in [9.17, 15) is 20.1 Å². The van der Waals surface area contributed by atoms with E-state index in [0.717, 1.165) is 38.5 Å². The van der Waals surface area contributed by atoms with Crippen LogP contribution in [0.3, 0.4) is 0 Å². The fourth-order valence-corrected chi connectivity index (χ4v) is 5.03. The van der Waals surface area contributed by atoms with Gasteiger partial charge in [0.2, 0.25) is 0 Å². The lowest BCUT2D eigenvalue weighted by Gasteiger charge is -2.29. The smallest absolute Gasteiger partial charge is 0.303 e. The van der Waals surface area contributed by atoms with Gasteiger partial charge in [-0.15, -0.1) is 0 Å². The number of carboxylic acid groups (broad SMARTS) is 1. The van der Waals surface area contributed by atoms with Crippen LogP contribution in [0.25, 0.3) is 0 Å². The van der Waals surface area contributed by atoms with Crippen molar-refractivity contribution in [3.05, 3.63) is 0 Å². The normalized spacial score (nSPS) is 26.0. The van der Waals surface area contributed by atoms with E-state index in [1.807, 2.05) is 13.8 Å². The van der Waals surface area contributed by atoms with Gasteiger partial charge in [-0.2, -0.15) is 0 Å². The van der Waals surface area contributed by atoms with E-state index in [1.165, 1.54) is 32.1 Å². The van der Waals surface area contributed by atoms with Gasteiger partial charge < -0.3 is 20.4 Å². The van der Waals surface area contributed by atoms with Crippen LogP contribution in [0.5, 0.6) is 0 Å². The van der Waals surface area contributed by atoms with Crippen molar-refractivity contribution in [3.8, 4) is 0 Å². The minimum absolute atomic E-state index is 0.0628. The fourth-order valence-electron chi connectivity index (χ4n) is 5.03. The van der Waals surface area contributed by atoms with Crippen LogP contribution in [0.15, 0.2) is 0 Å². The molecule has 172 valence electrons. The van der Waals surface area contributed by atoms with Crippen LogP contribution < -0.4 is 0 Å². The molecule has 0 saturated heterocycles. The third-order valence-corrected chi connectivity index (χ3v) is 6.73. The number of unbranched alkanes of at least 4 members (excludes halogenated alkanes) is 7. The summed E-state index contributed by atoms with van der Waals surface area (Å²) in [7, 11) is 0. The number of hydrogen-bond acceptors (Lipinski definition) is 4. The molecule has 5 heteroatoms. The quantitative estimate of drug-likeness (QED) is 0.269. The molecule has 4 N–H and O–H groups in total. The van der Waals surface area contributed by atoms with Gasteiger partial charge in [0.1, 0.15) is 0 Å². The Kier molecular flexibility index (Phi) is 12.4. The molecular formula is C24H46O5. The first-order chi connectivity index (χ1) is 13.7. The van der Waals surface area contributed by atoms with Crippen molar-refractivity contribution in [1.29, 1.82) is 0 Å². The van der Waals surface area contributed by atoms with Gasteiger partial charge in [0, 0.05) is 5.92 Å². The monoisotopic (exact) mass is 414 g/mol. The molecule has 0 aromatic heterocycles. The highest BCUT2D eigenvalue weighted by molar-refractivity contribution is 5.67. The van der Waals surface area contributed by atoms with Crippen LogP contribution in [0, 0.1) is 17.3 Å². The lowest BCUT2D eigenvalue weighted by molar-refractivity contribution is -0.139. The fraction of sp³-hybridized carbons (Fsp3) is 0.958. The molecule has 0 heterocycles. The summed E-state index contributed by atoms with van der Waals surface area (Å²) in [6.07, 6.45) is 11.3. The van der Waals surface area contributed by atoms with Crippen molar-refractivity contribution < 1.29 is 25.2 Å². The summed E-state index contributed by atoms with van der Waals surface area (Å²) >= 11 is 0. The average molecular weight is 415 g/mol.